The first-order valence-electron chi connectivity index (χ1n) is 7.23. The van der Waals surface area contributed by atoms with Crippen LogP contribution in [0.25, 0.3) is 0 Å². The summed E-state index contributed by atoms with van der Waals surface area (Å²) < 4.78 is 0. The summed E-state index contributed by atoms with van der Waals surface area (Å²) in [6, 6.07) is 2.41. The average molecular weight is 224 g/mol. The molecule has 1 saturated carbocycles. The van der Waals surface area contributed by atoms with Gasteiger partial charge in [0.05, 0.1) is 0 Å². The molecule has 0 bridgehead atoms. The van der Waals surface area contributed by atoms with E-state index in [1.165, 1.54) is 45.2 Å². The van der Waals surface area contributed by atoms with E-state index < -0.39 is 0 Å². The highest BCUT2D eigenvalue weighted by atomic mass is 15.3. The monoisotopic (exact) mass is 224 g/mol. The summed E-state index contributed by atoms with van der Waals surface area (Å²) in [6.45, 7) is 9.55. The summed E-state index contributed by atoms with van der Waals surface area (Å²) in [5.74, 6) is 0.956. The van der Waals surface area contributed by atoms with E-state index in [1.807, 2.05) is 0 Å². The van der Waals surface area contributed by atoms with Gasteiger partial charge in [-0.05, 0) is 38.0 Å². The first-order valence-corrected chi connectivity index (χ1v) is 7.23. The van der Waals surface area contributed by atoms with Crippen LogP contribution in [-0.4, -0.2) is 36.1 Å². The number of hydrogen-bond acceptors (Lipinski definition) is 2. The highest BCUT2D eigenvalue weighted by molar-refractivity contribution is 4.91. The molecule has 0 aromatic heterocycles. The van der Waals surface area contributed by atoms with E-state index in [0.717, 1.165) is 24.0 Å². The van der Waals surface area contributed by atoms with Crippen molar-refractivity contribution < 1.29 is 0 Å². The molecule has 1 aliphatic carbocycles. The lowest BCUT2D eigenvalue weighted by molar-refractivity contribution is 0.0784. The van der Waals surface area contributed by atoms with Crippen molar-refractivity contribution in [2.75, 3.05) is 13.1 Å². The molecule has 4 unspecified atom stereocenters. The van der Waals surface area contributed by atoms with Crippen molar-refractivity contribution >= 4 is 0 Å². The second kappa shape index (κ2) is 5.50. The minimum Gasteiger partial charge on any atom is -0.311 e. The highest BCUT2D eigenvalue weighted by Gasteiger charge is 2.34. The number of nitrogens with zero attached hydrogens (tertiary/aromatic N) is 1. The molecule has 16 heavy (non-hydrogen) atoms. The molecular weight excluding hydrogens is 196 g/mol. The van der Waals surface area contributed by atoms with Crippen LogP contribution in [-0.2, 0) is 0 Å². The number of rotatable bonds is 3. The molecule has 2 fully saturated rings. The number of nitrogens with one attached hydrogen (secondary N) is 1. The minimum atomic E-state index is 0.735. The van der Waals surface area contributed by atoms with E-state index in [0.29, 0.717) is 0 Å². The van der Waals surface area contributed by atoms with Gasteiger partial charge in [-0.1, -0.05) is 20.8 Å². The fraction of sp³-hybridized carbons (Fsp3) is 1.00. The van der Waals surface area contributed by atoms with E-state index in [4.69, 9.17) is 0 Å². The Morgan fingerprint density at radius 2 is 2.00 bits per heavy atom. The third kappa shape index (κ3) is 2.60. The third-order valence-electron chi connectivity index (χ3n) is 4.64. The van der Waals surface area contributed by atoms with Crippen molar-refractivity contribution in [3.05, 3.63) is 0 Å². The van der Waals surface area contributed by atoms with Gasteiger partial charge in [-0.2, -0.15) is 0 Å². The Morgan fingerprint density at radius 3 is 2.56 bits per heavy atom. The minimum absolute atomic E-state index is 0.735. The van der Waals surface area contributed by atoms with Crippen molar-refractivity contribution in [1.82, 2.24) is 10.2 Å². The highest BCUT2D eigenvalue weighted by Crippen LogP contribution is 2.31. The Labute approximate surface area is 101 Å². The van der Waals surface area contributed by atoms with Crippen LogP contribution in [0.5, 0.6) is 0 Å². The Balaban J connectivity index is 1.97. The van der Waals surface area contributed by atoms with Crippen LogP contribution in [0.3, 0.4) is 0 Å². The van der Waals surface area contributed by atoms with Crippen LogP contribution < -0.4 is 5.32 Å². The van der Waals surface area contributed by atoms with Gasteiger partial charge in [0.1, 0.15) is 0 Å². The van der Waals surface area contributed by atoms with E-state index in [-0.39, 0.29) is 0 Å². The fourth-order valence-electron chi connectivity index (χ4n) is 3.47. The predicted molar refractivity (Wildman–Crippen MR) is 69.7 cm³/mol. The van der Waals surface area contributed by atoms with Gasteiger partial charge in [-0.25, -0.2) is 0 Å². The summed E-state index contributed by atoms with van der Waals surface area (Å²) in [5, 5.41) is 3.69. The van der Waals surface area contributed by atoms with E-state index in [2.05, 4.69) is 31.0 Å². The van der Waals surface area contributed by atoms with Crippen molar-refractivity contribution in [1.29, 1.82) is 0 Å². The maximum Gasteiger partial charge on any atom is 0.0221 e. The van der Waals surface area contributed by atoms with Gasteiger partial charge in [-0.3, -0.25) is 4.90 Å². The largest absolute Gasteiger partial charge is 0.311 e. The lowest BCUT2D eigenvalue weighted by Gasteiger charge is -2.43. The molecule has 0 spiro atoms. The molecule has 0 aromatic rings. The van der Waals surface area contributed by atoms with Gasteiger partial charge < -0.3 is 5.32 Å². The molecular formula is C14H28N2. The first-order chi connectivity index (χ1) is 7.74. The van der Waals surface area contributed by atoms with Gasteiger partial charge in [0.2, 0.25) is 0 Å². The van der Waals surface area contributed by atoms with E-state index >= 15 is 0 Å². The zero-order chi connectivity index (χ0) is 11.5. The second-order valence-corrected chi connectivity index (χ2v) is 5.84. The molecule has 0 amide bonds. The number of piperazine rings is 1. The topological polar surface area (TPSA) is 15.3 Å². The molecule has 2 heteroatoms. The van der Waals surface area contributed by atoms with Crippen molar-refractivity contribution in [3.63, 3.8) is 0 Å². The summed E-state index contributed by atoms with van der Waals surface area (Å²) in [7, 11) is 0. The van der Waals surface area contributed by atoms with Crippen LogP contribution in [0.1, 0.15) is 52.9 Å². The summed E-state index contributed by atoms with van der Waals surface area (Å²) in [4.78, 5) is 2.83. The molecule has 4 atom stereocenters. The van der Waals surface area contributed by atoms with Crippen LogP contribution in [0, 0.1) is 5.92 Å². The van der Waals surface area contributed by atoms with E-state index in [1.54, 1.807) is 0 Å². The van der Waals surface area contributed by atoms with Crippen LogP contribution in [0.4, 0.5) is 0 Å². The van der Waals surface area contributed by atoms with Crippen LogP contribution in [0.2, 0.25) is 0 Å². The SMILES string of the molecule is CCC1CN(C2CCC(C)C2)C(CC)CN1. The van der Waals surface area contributed by atoms with Crippen molar-refractivity contribution in [2.45, 2.75) is 71.0 Å². The molecule has 1 N–H and O–H groups in total. The van der Waals surface area contributed by atoms with Gasteiger partial charge >= 0.3 is 0 Å². The van der Waals surface area contributed by atoms with Gasteiger partial charge in [0.25, 0.3) is 0 Å². The van der Waals surface area contributed by atoms with Gasteiger partial charge in [0.15, 0.2) is 0 Å². The van der Waals surface area contributed by atoms with E-state index in [9.17, 15) is 0 Å². The molecule has 1 saturated heterocycles. The number of hydrogen-bond donors (Lipinski definition) is 1. The standard InChI is InChI=1S/C14H28N2/c1-4-12-10-16(13(5-2)9-15-12)14-7-6-11(3)8-14/h11-15H,4-10H2,1-3H3. The van der Waals surface area contributed by atoms with Crippen molar-refractivity contribution in [3.8, 4) is 0 Å². The zero-order valence-electron chi connectivity index (χ0n) is 11.2. The maximum atomic E-state index is 3.69. The Bertz CT molecular complexity index is 217. The summed E-state index contributed by atoms with van der Waals surface area (Å²) >= 11 is 0. The predicted octanol–water partition coefficient (Wildman–Crippen LogP) is 2.64. The lowest BCUT2D eigenvalue weighted by Crippen LogP contribution is -2.58. The normalized spacial score (nSPS) is 41.4. The maximum absolute atomic E-state index is 3.69. The molecule has 94 valence electrons. The van der Waals surface area contributed by atoms with Crippen LogP contribution >= 0.6 is 0 Å². The molecule has 1 aliphatic heterocycles. The van der Waals surface area contributed by atoms with Crippen molar-refractivity contribution in [2.24, 2.45) is 5.92 Å². The first kappa shape index (κ1) is 12.4. The van der Waals surface area contributed by atoms with Crippen LogP contribution in [0.15, 0.2) is 0 Å². The Morgan fingerprint density at radius 1 is 1.19 bits per heavy atom. The fourth-order valence-corrected chi connectivity index (χ4v) is 3.47. The zero-order valence-corrected chi connectivity index (χ0v) is 11.2. The lowest BCUT2D eigenvalue weighted by atomic mass is 10.0. The molecule has 0 radical (unpaired) electrons. The Hall–Kier alpha value is -0.0800. The molecule has 2 aliphatic rings. The van der Waals surface area contributed by atoms with Gasteiger partial charge in [0, 0.05) is 31.2 Å². The average Bonchev–Trinajstić information content (AvgIpc) is 2.75. The Kier molecular flexibility index (Phi) is 4.26. The summed E-state index contributed by atoms with van der Waals surface area (Å²) in [5.41, 5.74) is 0. The molecule has 1 heterocycles. The summed E-state index contributed by atoms with van der Waals surface area (Å²) in [6.07, 6.45) is 6.90. The van der Waals surface area contributed by atoms with Gasteiger partial charge in [-0.15, -0.1) is 0 Å². The molecule has 0 aromatic carbocycles. The quantitative estimate of drug-likeness (QED) is 0.793. The third-order valence-corrected chi connectivity index (χ3v) is 4.64. The molecule has 2 nitrogen and oxygen atoms in total. The molecule has 2 rings (SSSR count). The second-order valence-electron chi connectivity index (χ2n) is 5.84. The smallest absolute Gasteiger partial charge is 0.0221 e.